The van der Waals surface area contributed by atoms with Crippen LogP contribution in [0.15, 0.2) is 66.1 Å². The monoisotopic (exact) mass is 361 g/mol. The first-order valence-electron chi connectivity index (χ1n) is 7.10. The average Bonchev–Trinajstić information content (AvgIpc) is 3.04. The van der Waals surface area contributed by atoms with Gasteiger partial charge in [-0.1, -0.05) is 35.5 Å². The molecule has 0 aliphatic carbocycles. The van der Waals surface area contributed by atoms with Crippen LogP contribution in [-0.4, -0.2) is 21.2 Å². The van der Waals surface area contributed by atoms with Crippen LogP contribution >= 0.6 is 23.4 Å². The van der Waals surface area contributed by atoms with Gasteiger partial charge in [0.15, 0.2) is 5.16 Å². The summed E-state index contributed by atoms with van der Waals surface area (Å²) in [7, 11) is 0. The minimum atomic E-state index is -0.460. The number of hydrogen-bond donors (Lipinski definition) is 1. The highest BCUT2D eigenvalue weighted by atomic mass is 35.5. The van der Waals surface area contributed by atoms with Gasteiger partial charge >= 0.3 is 0 Å². The number of nitrogens with zero attached hydrogens (tertiary/aromatic N) is 2. The Morgan fingerprint density at radius 3 is 2.71 bits per heavy atom. The number of para-hydroxylation sites is 1. The van der Waals surface area contributed by atoms with E-state index < -0.39 is 5.82 Å². The van der Waals surface area contributed by atoms with Crippen molar-refractivity contribution < 1.29 is 9.18 Å². The minimum Gasteiger partial charge on any atom is -0.323 e. The molecular weight excluding hydrogens is 349 g/mol. The molecule has 0 saturated heterocycles. The zero-order valence-corrected chi connectivity index (χ0v) is 14.0. The van der Waals surface area contributed by atoms with E-state index in [4.69, 9.17) is 11.6 Å². The van der Waals surface area contributed by atoms with Crippen LogP contribution in [0, 0.1) is 5.82 Å². The number of carbonyl (C=O) groups excluding carboxylic acids is 1. The molecule has 0 aliphatic rings. The Morgan fingerprint density at radius 2 is 1.96 bits per heavy atom. The summed E-state index contributed by atoms with van der Waals surface area (Å²) in [6, 6.07) is 13.4. The maximum atomic E-state index is 13.5. The molecule has 1 aromatic heterocycles. The van der Waals surface area contributed by atoms with Crippen molar-refractivity contribution in [2.75, 3.05) is 11.1 Å². The molecule has 0 spiro atoms. The molecule has 0 aliphatic heterocycles. The molecule has 0 saturated carbocycles. The predicted octanol–water partition coefficient (Wildman–Crippen LogP) is 4.40. The number of halogens is 2. The van der Waals surface area contributed by atoms with E-state index in [0.29, 0.717) is 10.2 Å². The van der Waals surface area contributed by atoms with E-state index in [0.717, 1.165) is 5.69 Å². The van der Waals surface area contributed by atoms with Gasteiger partial charge in [0.05, 0.1) is 11.4 Å². The normalized spacial score (nSPS) is 10.6. The van der Waals surface area contributed by atoms with Gasteiger partial charge in [-0.2, -0.15) is 0 Å². The van der Waals surface area contributed by atoms with Gasteiger partial charge in [0.2, 0.25) is 5.91 Å². The zero-order chi connectivity index (χ0) is 16.9. The molecule has 1 amide bonds. The largest absolute Gasteiger partial charge is 0.323 e. The van der Waals surface area contributed by atoms with E-state index in [1.807, 2.05) is 16.7 Å². The second-order valence-corrected chi connectivity index (χ2v) is 6.25. The lowest BCUT2D eigenvalue weighted by Gasteiger charge is -2.08. The molecule has 1 N–H and O–H groups in total. The summed E-state index contributed by atoms with van der Waals surface area (Å²) < 4.78 is 15.4. The van der Waals surface area contributed by atoms with Crippen molar-refractivity contribution in [2.24, 2.45) is 0 Å². The highest BCUT2D eigenvalue weighted by Crippen LogP contribution is 2.22. The second kappa shape index (κ2) is 7.51. The van der Waals surface area contributed by atoms with Gasteiger partial charge in [-0.25, -0.2) is 9.37 Å². The number of rotatable bonds is 5. The lowest BCUT2D eigenvalue weighted by molar-refractivity contribution is -0.113. The first kappa shape index (κ1) is 16.5. The summed E-state index contributed by atoms with van der Waals surface area (Å²) in [5, 5.41) is 3.87. The molecule has 0 radical (unpaired) electrons. The predicted molar refractivity (Wildman–Crippen MR) is 94.3 cm³/mol. The van der Waals surface area contributed by atoms with Crippen molar-refractivity contribution in [1.29, 1.82) is 0 Å². The fourth-order valence-electron chi connectivity index (χ4n) is 2.07. The number of aromatic nitrogens is 2. The van der Waals surface area contributed by atoms with Gasteiger partial charge < -0.3 is 5.32 Å². The molecule has 0 unspecified atom stereocenters. The number of amides is 1. The second-order valence-electron chi connectivity index (χ2n) is 4.87. The third kappa shape index (κ3) is 3.96. The Balaban J connectivity index is 1.65. The number of hydrogen-bond acceptors (Lipinski definition) is 3. The van der Waals surface area contributed by atoms with Gasteiger partial charge in [0.25, 0.3) is 0 Å². The molecule has 2 aromatic carbocycles. The van der Waals surface area contributed by atoms with Crippen molar-refractivity contribution in [3.63, 3.8) is 0 Å². The molecule has 1 heterocycles. The van der Waals surface area contributed by atoms with Crippen LogP contribution < -0.4 is 5.32 Å². The van der Waals surface area contributed by atoms with E-state index in [1.54, 1.807) is 36.7 Å². The highest BCUT2D eigenvalue weighted by molar-refractivity contribution is 7.99. The molecule has 7 heteroatoms. The van der Waals surface area contributed by atoms with Gasteiger partial charge in [-0.15, -0.1) is 0 Å². The number of nitrogens with one attached hydrogen (secondary N) is 1. The van der Waals surface area contributed by atoms with E-state index in [-0.39, 0.29) is 17.3 Å². The van der Waals surface area contributed by atoms with Crippen LogP contribution in [0.1, 0.15) is 0 Å². The summed E-state index contributed by atoms with van der Waals surface area (Å²) in [6.07, 6.45) is 3.46. The van der Waals surface area contributed by atoms with Crippen LogP contribution in [0.5, 0.6) is 0 Å². The van der Waals surface area contributed by atoms with Crippen LogP contribution in [0.25, 0.3) is 5.69 Å². The first-order chi connectivity index (χ1) is 11.6. The van der Waals surface area contributed by atoms with Crippen molar-refractivity contribution in [3.05, 3.63) is 71.8 Å². The number of imidazole rings is 1. The number of benzene rings is 2. The summed E-state index contributed by atoms with van der Waals surface area (Å²) in [6.45, 7) is 0. The van der Waals surface area contributed by atoms with E-state index in [1.165, 1.54) is 23.9 Å². The van der Waals surface area contributed by atoms with Gasteiger partial charge in [0, 0.05) is 23.1 Å². The van der Waals surface area contributed by atoms with E-state index >= 15 is 0 Å². The fraction of sp³-hybridized carbons (Fsp3) is 0.0588. The summed E-state index contributed by atoms with van der Waals surface area (Å²) in [5.41, 5.74) is 1.07. The fourth-order valence-corrected chi connectivity index (χ4v) is 2.97. The Morgan fingerprint density at radius 1 is 1.21 bits per heavy atom. The lowest BCUT2D eigenvalue weighted by atomic mass is 10.3. The summed E-state index contributed by atoms with van der Waals surface area (Å²) >= 11 is 7.16. The Kier molecular flexibility index (Phi) is 5.17. The molecule has 3 aromatic rings. The topological polar surface area (TPSA) is 46.9 Å². The molecule has 0 atom stereocenters. The number of anilines is 1. The molecule has 3 rings (SSSR count). The van der Waals surface area contributed by atoms with E-state index in [2.05, 4.69) is 10.3 Å². The molecule has 24 heavy (non-hydrogen) atoms. The zero-order valence-electron chi connectivity index (χ0n) is 12.4. The van der Waals surface area contributed by atoms with Crippen LogP contribution in [0.2, 0.25) is 5.02 Å². The Bertz CT molecular complexity index is 851. The number of carbonyl (C=O) groups is 1. The first-order valence-corrected chi connectivity index (χ1v) is 8.46. The smallest absolute Gasteiger partial charge is 0.234 e. The minimum absolute atomic E-state index is 0.124. The maximum absolute atomic E-state index is 13.5. The Labute approximate surface area is 147 Å². The SMILES string of the molecule is O=C(CSc1nccn1-c1ccc(Cl)cc1)Nc1ccccc1F. The van der Waals surface area contributed by atoms with Crippen LogP contribution in [-0.2, 0) is 4.79 Å². The van der Waals surface area contributed by atoms with E-state index in [9.17, 15) is 9.18 Å². The quantitative estimate of drug-likeness (QED) is 0.685. The summed E-state index contributed by atoms with van der Waals surface area (Å²) in [5.74, 6) is -0.631. The van der Waals surface area contributed by atoms with Crippen LogP contribution in [0.3, 0.4) is 0 Å². The van der Waals surface area contributed by atoms with Crippen molar-refractivity contribution in [1.82, 2.24) is 9.55 Å². The van der Waals surface area contributed by atoms with Crippen molar-refractivity contribution >= 4 is 35.0 Å². The van der Waals surface area contributed by atoms with Gasteiger partial charge in [-0.05, 0) is 36.4 Å². The molecule has 0 fully saturated rings. The molecule has 122 valence electrons. The molecular formula is C17H13ClFN3OS. The van der Waals surface area contributed by atoms with Crippen LogP contribution in [0.4, 0.5) is 10.1 Å². The maximum Gasteiger partial charge on any atom is 0.234 e. The average molecular weight is 362 g/mol. The number of thioether (sulfide) groups is 1. The van der Waals surface area contributed by atoms with Gasteiger partial charge in [-0.3, -0.25) is 9.36 Å². The molecule has 4 nitrogen and oxygen atoms in total. The third-order valence-corrected chi connectivity index (χ3v) is 4.41. The lowest BCUT2D eigenvalue weighted by Crippen LogP contribution is -2.15. The summed E-state index contributed by atoms with van der Waals surface area (Å²) in [4.78, 5) is 16.2. The highest BCUT2D eigenvalue weighted by Gasteiger charge is 2.10. The van der Waals surface area contributed by atoms with Crippen molar-refractivity contribution in [3.8, 4) is 5.69 Å². The Hall–Kier alpha value is -2.31. The van der Waals surface area contributed by atoms with Gasteiger partial charge in [0.1, 0.15) is 5.82 Å². The third-order valence-electron chi connectivity index (χ3n) is 3.19. The molecule has 0 bridgehead atoms. The standard InChI is InChI=1S/C17H13ClFN3OS/c18-12-5-7-13(8-6-12)22-10-9-20-17(22)24-11-16(23)21-15-4-2-1-3-14(15)19/h1-10H,11H2,(H,21,23). The van der Waals surface area contributed by atoms with Crippen molar-refractivity contribution in [2.45, 2.75) is 5.16 Å².